The van der Waals surface area contributed by atoms with E-state index in [0.717, 1.165) is 5.56 Å². The van der Waals surface area contributed by atoms with E-state index >= 15 is 0 Å². The van der Waals surface area contributed by atoms with Crippen LogP contribution >= 0.6 is 50.7 Å². The summed E-state index contributed by atoms with van der Waals surface area (Å²) in [5, 5.41) is 8.61. The first-order chi connectivity index (χ1) is 11.9. The number of amides is 1. The van der Waals surface area contributed by atoms with Gasteiger partial charge in [0.1, 0.15) is 0 Å². The summed E-state index contributed by atoms with van der Waals surface area (Å²) in [6.07, 6.45) is 1.76. The van der Waals surface area contributed by atoms with Crippen LogP contribution in [0.25, 0.3) is 0 Å². The van der Waals surface area contributed by atoms with Crippen molar-refractivity contribution in [3.63, 3.8) is 0 Å². The van der Waals surface area contributed by atoms with Crippen LogP contribution in [-0.2, 0) is 6.54 Å². The Morgan fingerprint density at radius 1 is 1.12 bits per heavy atom. The summed E-state index contributed by atoms with van der Waals surface area (Å²) < 4.78 is 2.32. The minimum absolute atomic E-state index is 0.332. The average molecular weight is 460 g/mol. The number of hydrogen-bond donors (Lipinski definition) is 1. The first-order valence-corrected chi connectivity index (χ1v) is 9.09. The molecule has 0 aliphatic carbocycles. The number of carbonyl (C=O) groups excluding carboxylic acids is 1. The van der Waals surface area contributed by atoms with Crippen LogP contribution in [0.4, 0.5) is 5.82 Å². The molecule has 128 valence electrons. The van der Waals surface area contributed by atoms with E-state index in [9.17, 15) is 4.79 Å². The minimum Gasteiger partial charge on any atom is -0.304 e. The lowest BCUT2D eigenvalue weighted by atomic mass is 10.2. The smallest absolute Gasteiger partial charge is 0.258 e. The van der Waals surface area contributed by atoms with Gasteiger partial charge in [-0.3, -0.25) is 9.48 Å². The summed E-state index contributed by atoms with van der Waals surface area (Å²) in [7, 11) is 0. The lowest BCUT2D eigenvalue weighted by Crippen LogP contribution is -2.13. The van der Waals surface area contributed by atoms with E-state index in [0.29, 0.717) is 37.5 Å². The van der Waals surface area contributed by atoms with Crippen LogP contribution in [0.15, 0.2) is 53.1 Å². The van der Waals surface area contributed by atoms with Gasteiger partial charge in [0.05, 0.1) is 21.6 Å². The Hall–Kier alpha value is -1.53. The molecule has 1 aromatic heterocycles. The Morgan fingerprint density at radius 3 is 2.60 bits per heavy atom. The zero-order valence-corrected chi connectivity index (χ0v) is 16.5. The van der Waals surface area contributed by atoms with Crippen LogP contribution in [0.2, 0.25) is 15.1 Å². The maximum absolute atomic E-state index is 12.3. The Bertz CT molecular complexity index is 943. The van der Waals surface area contributed by atoms with Crippen molar-refractivity contribution in [2.45, 2.75) is 6.54 Å². The fourth-order valence-electron chi connectivity index (χ4n) is 2.21. The van der Waals surface area contributed by atoms with Crippen molar-refractivity contribution >= 4 is 62.5 Å². The van der Waals surface area contributed by atoms with Crippen molar-refractivity contribution in [1.29, 1.82) is 0 Å². The van der Waals surface area contributed by atoms with Crippen LogP contribution in [0.3, 0.4) is 0 Å². The van der Waals surface area contributed by atoms with Gasteiger partial charge < -0.3 is 5.32 Å². The third-order valence-corrected chi connectivity index (χ3v) is 4.91. The molecule has 0 fully saturated rings. The van der Waals surface area contributed by atoms with E-state index in [1.807, 2.05) is 6.07 Å². The first-order valence-electron chi connectivity index (χ1n) is 7.17. The Labute approximate surface area is 167 Å². The molecule has 0 spiro atoms. The standard InChI is InChI=1S/C17H11BrCl3N3O/c18-13-9-24(8-10-5-6-11(19)7-15(10)21)23-16(13)22-17(25)12-3-1-2-4-14(12)20/h1-7,9H,8H2,(H,22,23,25). The zero-order valence-electron chi connectivity index (χ0n) is 12.6. The van der Waals surface area contributed by atoms with Gasteiger partial charge in [-0.2, -0.15) is 5.10 Å². The van der Waals surface area contributed by atoms with E-state index in [1.165, 1.54) is 0 Å². The second-order valence-corrected chi connectivity index (χ2v) is 7.30. The number of aromatic nitrogens is 2. The fourth-order valence-corrected chi connectivity index (χ4v) is 3.31. The number of carbonyl (C=O) groups is 1. The number of benzene rings is 2. The summed E-state index contributed by atoms with van der Waals surface area (Å²) in [6, 6.07) is 12.1. The Balaban J connectivity index is 1.78. The highest BCUT2D eigenvalue weighted by Crippen LogP contribution is 2.25. The molecule has 0 saturated carbocycles. The van der Waals surface area contributed by atoms with Crippen molar-refractivity contribution in [2.24, 2.45) is 0 Å². The Kier molecular flexibility index (Phi) is 5.69. The van der Waals surface area contributed by atoms with Gasteiger partial charge in [0.15, 0.2) is 5.82 Å². The van der Waals surface area contributed by atoms with Gasteiger partial charge in [-0.1, -0.05) is 53.0 Å². The van der Waals surface area contributed by atoms with E-state index < -0.39 is 0 Å². The van der Waals surface area contributed by atoms with Gasteiger partial charge in [-0.25, -0.2) is 0 Å². The topological polar surface area (TPSA) is 46.9 Å². The molecule has 8 heteroatoms. The molecule has 2 aromatic carbocycles. The number of halogens is 4. The van der Waals surface area contributed by atoms with Crippen molar-refractivity contribution < 1.29 is 4.79 Å². The van der Waals surface area contributed by atoms with Gasteiger partial charge >= 0.3 is 0 Å². The normalized spacial score (nSPS) is 10.7. The molecule has 0 unspecified atom stereocenters. The molecule has 25 heavy (non-hydrogen) atoms. The molecule has 1 N–H and O–H groups in total. The molecule has 1 heterocycles. The number of anilines is 1. The third-order valence-electron chi connectivity index (χ3n) is 3.41. The molecular formula is C17H11BrCl3N3O. The van der Waals surface area contributed by atoms with Crippen molar-refractivity contribution in [3.8, 4) is 0 Å². The second kappa shape index (κ2) is 7.79. The maximum Gasteiger partial charge on any atom is 0.258 e. The molecule has 1 amide bonds. The van der Waals surface area contributed by atoms with Gasteiger partial charge in [-0.15, -0.1) is 0 Å². The maximum atomic E-state index is 12.3. The third kappa shape index (κ3) is 4.36. The fraction of sp³-hybridized carbons (Fsp3) is 0.0588. The molecule has 0 aliphatic heterocycles. The van der Waals surface area contributed by atoms with E-state index in [4.69, 9.17) is 34.8 Å². The van der Waals surface area contributed by atoms with Crippen molar-refractivity contribution in [3.05, 3.63) is 79.3 Å². The SMILES string of the molecule is O=C(Nc1nn(Cc2ccc(Cl)cc2Cl)cc1Br)c1ccccc1Cl. The average Bonchev–Trinajstić information content (AvgIpc) is 2.90. The van der Waals surface area contributed by atoms with E-state index in [-0.39, 0.29) is 5.91 Å². The summed E-state index contributed by atoms with van der Waals surface area (Å²) in [6.45, 7) is 0.441. The monoisotopic (exact) mass is 457 g/mol. The van der Waals surface area contributed by atoms with Crippen LogP contribution < -0.4 is 5.32 Å². The molecular weight excluding hydrogens is 448 g/mol. The van der Waals surface area contributed by atoms with E-state index in [2.05, 4.69) is 26.3 Å². The highest BCUT2D eigenvalue weighted by atomic mass is 79.9. The molecule has 0 aliphatic rings. The van der Waals surface area contributed by atoms with Crippen LogP contribution in [-0.4, -0.2) is 15.7 Å². The lowest BCUT2D eigenvalue weighted by molar-refractivity contribution is 0.102. The van der Waals surface area contributed by atoms with Gasteiger partial charge in [0.2, 0.25) is 0 Å². The summed E-state index contributed by atoms with van der Waals surface area (Å²) in [5.41, 5.74) is 1.25. The number of rotatable bonds is 4. The van der Waals surface area contributed by atoms with Gasteiger partial charge in [0, 0.05) is 16.2 Å². The lowest BCUT2D eigenvalue weighted by Gasteiger charge is -2.06. The minimum atomic E-state index is -0.332. The van der Waals surface area contributed by atoms with Gasteiger partial charge in [-0.05, 0) is 45.8 Å². The predicted molar refractivity (Wildman–Crippen MR) is 105 cm³/mol. The summed E-state index contributed by atoms with van der Waals surface area (Å²) in [4.78, 5) is 12.3. The number of nitrogens with zero attached hydrogens (tertiary/aromatic N) is 2. The summed E-state index contributed by atoms with van der Waals surface area (Å²) >= 11 is 21.5. The largest absolute Gasteiger partial charge is 0.304 e. The van der Waals surface area contributed by atoms with Crippen LogP contribution in [0, 0.1) is 0 Å². The highest BCUT2D eigenvalue weighted by molar-refractivity contribution is 9.10. The molecule has 0 radical (unpaired) electrons. The van der Waals surface area contributed by atoms with E-state index in [1.54, 1.807) is 47.3 Å². The molecule has 0 saturated heterocycles. The predicted octanol–water partition coefficient (Wildman–Crippen LogP) is 5.91. The van der Waals surface area contributed by atoms with Crippen LogP contribution in [0.1, 0.15) is 15.9 Å². The zero-order chi connectivity index (χ0) is 18.0. The quantitative estimate of drug-likeness (QED) is 0.528. The molecule has 0 bridgehead atoms. The number of hydrogen-bond acceptors (Lipinski definition) is 2. The molecule has 4 nitrogen and oxygen atoms in total. The highest BCUT2D eigenvalue weighted by Gasteiger charge is 2.14. The van der Waals surface area contributed by atoms with Crippen LogP contribution in [0.5, 0.6) is 0 Å². The second-order valence-electron chi connectivity index (χ2n) is 5.19. The summed E-state index contributed by atoms with van der Waals surface area (Å²) in [5.74, 6) is 0.0658. The van der Waals surface area contributed by atoms with Crippen molar-refractivity contribution in [1.82, 2.24) is 9.78 Å². The molecule has 3 aromatic rings. The van der Waals surface area contributed by atoms with Gasteiger partial charge in [0.25, 0.3) is 5.91 Å². The first kappa shape index (κ1) is 18.3. The number of nitrogens with one attached hydrogen (secondary N) is 1. The van der Waals surface area contributed by atoms with Crippen molar-refractivity contribution in [2.75, 3.05) is 5.32 Å². The molecule has 3 rings (SSSR count). The molecule has 0 atom stereocenters. The Morgan fingerprint density at radius 2 is 1.88 bits per heavy atom.